The third-order valence-corrected chi connectivity index (χ3v) is 4.33. The topological polar surface area (TPSA) is 58.4 Å². The van der Waals surface area contributed by atoms with Gasteiger partial charge >= 0.3 is 0 Å². The van der Waals surface area contributed by atoms with Gasteiger partial charge in [-0.05, 0) is 37.1 Å². The zero-order chi connectivity index (χ0) is 17.1. The van der Waals surface area contributed by atoms with Gasteiger partial charge in [-0.3, -0.25) is 9.59 Å². The highest BCUT2D eigenvalue weighted by Gasteiger charge is 2.35. The Hall–Kier alpha value is -2.63. The molecule has 2 heterocycles. The lowest BCUT2D eigenvalue weighted by Gasteiger charge is -2.38. The second kappa shape index (κ2) is 6.86. The first-order chi connectivity index (χ1) is 11.6. The molecule has 1 atom stereocenters. The van der Waals surface area contributed by atoms with E-state index < -0.39 is 6.04 Å². The summed E-state index contributed by atoms with van der Waals surface area (Å²) in [6.07, 6.45) is 4.47. The van der Waals surface area contributed by atoms with Crippen LogP contribution >= 0.6 is 0 Å². The van der Waals surface area contributed by atoms with E-state index in [1.165, 1.54) is 0 Å². The Labute approximate surface area is 141 Å². The van der Waals surface area contributed by atoms with Crippen molar-refractivity contribution >= 4 is 11.8 Å². The summed E-state index contributed by atoms with van der Waals surface area (Å²) in [6.45, 7) is 5.09. The van der Waals surface area contributed by atoms with Crippen LogP contribution in [-0.2, 0) is 16.1 Å². The van der Waals surface area contributed by atoms with Crippen molar-refractivity contribution in [2.45, 2.75) is 32.9 Å². The molecule has 126 valence electrons. The minimum Gasteiger partial charge on any atom is -0.332 e. The van der Waals surface area contributed by atoms with Gasteiger partial charge in [-0.1, -0.05) is 19.1 Å². The Morgan fingerprint density at radius 1 is 1.21 bits per heavy atom. The van der Waals surface area contributed by atoms with E-state index in [1.54, 1.807) is 27.6 Å². The van der Waals surface area contributed by atoms with E-state index >= 15 is 0 Å². The van der Waals surface area contributed by atoms with E-state index in [-0.39, 0.29) is 18.4 Å². The summed E-state index contributed by atoms with van der Waals surface area (Å²) in [6, 6.07) is 9.33. The lowest BCUT2D eigenvalue weighted by molar-refractivity contribution is -0.155. The molecule has 1 fully saturated rings. The fourth-order valence-electron chi connectivity index (χ4n) is 3.00. The van der Waals surface area contributed by atoms with E-state index in [1.807, 2.05) is 43.5 Å². The zero-order valence-electron chi connectivity index (χ0n) is 14.1. The number of benzene rings is 1. The molecule has 2 amide bonds. The molecule has 0 radical (unpaired) electrons. The Bertz CT molecular complexity index is 709. The number of rotatable bonds is 5. The molecule has 0 unspecified atom stereocenters. The number of hydrogen-bond acceptors (Lipinski definition) is 3. The first-order valence-corrected chi connectivity index (χ1v) is 8.27. The predicted octanol–water partition coefficient (Wildman–Crippen LogP) is 1.84. The fraction of sp³-hybridized carbons (Fsp3) is 0.389. The van der Waals surface area contributed by atoms with Gasteiger partial charge in [-0.25, -0.2) is 4.68 Å². The van der Waals surface area contributed by atoms with Gasteiger partial charge in [0.05, 0.1) is 12.2 Å². The van der Waals surface area contributed by atoms with Crippen LogP contribution in [-0.4, -0.2) is 50.5 Å². The van der Waals surface area contributed by atoms with Crippen molar-refractivity contribution in [3.05, 3.63) is 48.3 Å². The molecule has 1 aromatic carbocycles. The molecule has 1 aromatic heterocycles. The van der Waals surface area contributed by atoms with Crippen LogP contribution in [0.3, 0.4) is 0 Å². The van der Waals surface area contributed by atoms with Crippen molar-refractivity contribution in [1.29, 1.82) is 0 Å². The molecule has 0 saturated carbocycles. The average molecular weight is 326 g/mol. The van der Waals surface area contributed by atoms with Gasteiger partial charge < -0.3 is 9.80 Å². The maximum Gasteiger partial charge on any atom is 0.245 e. The van der Waals surface area contributed by atoms with Gasteiger partial charge in [0, 0.05) is 25.5 Å². The quantitative estimate of drug-likeness (QED) is 0.842. The van der Waals surface area contributed by atoms with Crippen LogP contribution in [0.2, 0.25) is 0 Å². The van der Waals surface area contributed by atoms with Crippen molar-refractivity contribution < 1.29 is 9.59 Å². The maximum atomic E-state index is 12.4. The third kappa shape index (κ3) is 3.18. The summed E-state index contributed by atoms with van der Waals surface area (Å²) >= 11 is 0. The first kappa shape index (κ1) is 16.2. The summed E-state index contributed by atoms with van der Waals surface area (Å²) in [7, 11) is 0. The lowest BCUT2D eigenvalue weighted by atomic mass is 10.1. The van der Waals surface area contributed by atoms with Crippen LogP contribution in [0.1, 0.15) is 25.8 Å². The molecular formula is C18H22N4O2. The number of carbonyl (C=O) groups is 2. The molecule has 6 heteroatoms. The minimum absolute atomic E-state index is 0.00621. The van der Waals surface area contributed by atoms with E-state index in [0.717, 1.165) is 17.7 Å². The number of aromatic nitrogens is 2. The third-order valence-electron chi connectivity index (χ3n) is 4.33. The number of nitrogens with zero attached hydrogens (tertiary/aromatic N) is 4. The van der Waals surface area contributed by atoms with E-state index in [2.05, 4.69) is 5.10 Å². The number of amides is 2. The van der Waals surface area contributed by atoms with E-state index in [4.69, 9.17) is 0 Å². The standard InChI is InChI=1S/C18H22N4O2/c1-3-10-20-13-17(23)21(14(2)18(20)24)12-15-5-7-16(8-6-15)22-11-4-9-19-22/h4-9,11,14H,3,10,12-13H2,1-2H3/t14-/m1/s1. The van der Waals surface area contributed by atoms with Gasteiger partial charge in [0.2, 0.25) is 11.8 Å². The van der Waals surface area contributed by atoms with Crippen LogP contribution < -0.4 is 0 Å². The van der Waals surface area contributed by atoms with Gasteiger partial charge in [0.1, 0.15) is 6.04 Å². The average Bonchev–Trinajstić information content (AvgIpc) is 3.12. The second-order valence-corrected chi connectivity index (χ2v) is 6.07. The monoisotopic (exact) mass is 326 g/mol. The number of carbonyl (C=O) groups excluding carboxylic acids is 2. The molecular weight excluding hydrogens is 304 g/mol. The zero-order valence-corrected chi connectivity index (χ0v) is 14.1. The summed E-state index contributed by atoms with van der Waals surface area (Å²) in [5.41, 5.74) is 1.97. The van der Waals surface area contributed by atoms with Crippen molar-refractivity contribution in [3.63, 3.8) is 0 Å². The van der Waals surface area contributed by atoms with E-state index in [9.17, 15) is 9.59 Å². The molecule has 1 saturated heterocycles. The molecule has 0 N–H and O–H groups in total. The van der Waals surface area contributed by atoms with Crippen LogP contribution in [0.25, 0.3) is 5.69 Å². The molecule has 0 aliphatic carbocycles. The Morgan fingerprint density at radius 3 is 2.58 bits per heavy atom. The number of piperazine rings is 1. The summed E-state index contributed by atoms with van der Waals surface area (Å²) < 4.78 is 1.78. The highest BCUT2D eigenvalue weighted by Crippen LogP contribution is 2.17. The summed E-state index contributed by atoms with van der Waals surface area (Å²) in [4.78, 5) is 28.1. The molecule has 1 aliphatic heterocycles. The Morgan fingerprint density at radius 2 is 1.96 bits per heavy atom. The predicted molar refractivity (Wildman–Crippen MR) is 90.4 cm³/mol. The Kier molecular flexibility index (Phi) is 4.64. The highest BCUT2D eigenvalue weighted by molar-refractivity contribution is 5.94. The molecule has 3 rings (SSSR count). The highest BCUT2D eigenvalue weighted by atomic mass is 16.2. The van der Waals surface area contributed by atoms with Crippen LogP contribution in [0, 0.1) is 0 Å². The van der Waals surface area contributed by atoms with Crippen molar-refractivity contribution in [3.8, 4) is 5.69 Å². The Balaban J connectivity index is 1.71. The minimum atomic E-state index is -0.413. The van der Waals surface area contributed by atoms with Crippen molar-refractivity contribution in [1.82, 2.24) is 19.6 Å². The van der Waals surface area contributed by atoms with Crippen LogP contribution in [0.5, 0.6) is 0 Å². The molecule has 24 heavy (non-hydrogen) atoms. The normalized spacial score (nSPS) is 18.3. The molecule has 6 nitrogen and oxygen atoms in total. The number of hydrogen-bond donors (Lipinski definition) is 0. The molecule has 1 aliphatic rings. The van der Waals surface area contributed by atoms with Gasteiger partial charge in [0.25, 0.3) is 0 Å². The van der Waals surface area contributed by atoms with E-state index in [0.29, 0.717) is 13.1 Å². The van der Waals surface area contributed by atoms with Crippen molar-refractivity contribution in [2.75, 3.05) is 13.1 Å². The largest absolute Gasteiger partial charge is 0.332 e. The smallest absolute Gasteiger partial charge is 0.245 e. The van der Waals surface area contributed by atoms with Gasteiger partial charge in [-0.2, -0.15) is 5.10 Å². The fourth-order valence-corrected chi connectivity index (χ4v) is 3.00. The summed E-state index contributed by atoms with van der Waals surface area (Å²) in [5.74, 6) is 0.0383. The maximum absolute atomic E-state index is 12.4. The molecule has 0 bridgehead atoms. The SMILES string of the molecule is CCCN1CC(=O)N(Cc2ccc(-n3cccn3)cc2)[C@H](C)C1=O. The van der Waals surface area contributed by atoms with Gasteiger partial charge in [-0.15, -0.1) is 0 Å². The van der Waals surface area contributed by atoms with Crippen molar-refractivity contribution in [2.24, 2.45) is 0 Å². The lowest BCUT2D eigenvalue weighted by Crippen LogP contribution is -2.58. The molecule has 2 aromatic rings. The second-order valence-electron chi connectivity index (χ2n) is 6.07. The first-order valence-electron chi connectivity index (χ1n) is 8.27. The van der Waals surface area contributed by atoms with Gasteiger partial charge in [0.15, 0.2) is 0 Å². The molecule has 0 spiro atoms. The van der Waals surface area contributed by atoms with Crippen LogP contribution in [0.4, 0.5) is 0 Å². The van der Waals surface area contributed by atoms with Crippen LogP contribution in [0.15, 0.2) is 42.7 Å². The summed E-state index contributed by atoms with van der Waals surface area (Å²) in [5, 5.41) is 4.19.